The quantitative estimate of drug-likeness (QED) is 0.752. The molecule has 2 fully saturated rings. The molecular formula is C13H25NO2. The molecule has 0 aromatic heterocycles. The van der Waals surface area contributed by atoms with Crippen molar-refractivity contribution in [1.82, 2.24) is 5.32 Å². The van der Waals surface area contributed by atoms with Crippen LogP contribution in [0.25, 0.3) is 0 Å². The summed E-state index contributed by atoms with van der Waals surface area (Å²) in [5, 5.41) is 3.45. The highest BCUT2D eigenvalue weighted by Crippen LogP contribution is 2.33. The van der Waals surface area contributed by atoms with Crippen molar-refractivity contribution in [2.24, 2.45) is 5.92 Å². The van der Waals surface area contributed by atoms with E-state index in [9.17, 15) is 0 Å². The van der Waals surface area contributed by atoms with Gasteiger partial charge in [0, 0.05) is 19.1 Å². The lowest BCUT2D eigenvalue weighted by molar-refractivity contribution is -0.0552. The molecule has 94 valence electrons. The lowest BCUT2D eigenvalue weighted by Crippen LogP contribution is -2.41. The van der Waals surface area contributed by atoms with Crippen LogP contribution >= 0.6 is 0 Å². The van der Waals surface area contributed by atoms with Gasteiger partial charge in [0.05, 0.1) is 18.8 Å². The predicted octanol–water partition coefficient (Wildman–Crippen LogP) is 1.96. The van der Waals surface area contributed by atoms with Gasteiger partial charge in [0.2, 0.25) is 0 Å². The fraction of sp³-hybridized carbons (Fsp3) is 1.00. The van der Waals surface area contributed by atoms with E-state index in [1.165, 1.54) is 32.1 Å². The van der Waals surface area contributed by atoms with Gasteiger partial charge in [0.1, 0.15) is 0 Å². The summed E-state index contributed by atoms with van der Waals surface area (Å²) in [6.07, 6.45) is 6.29. The van der Waals surface area contributed by atoms with Crippen LogP contribution < -0.4 is 5.32 Å². The maximum Gasteiger partial charge on any atom is 0.0806 e. The maximum atomic E-state index is 6.23. The molecular weight excluding hydrogens is 202 g/mol. The molecule has 2 aliphatic rings. The van der Waals surface area contributed by atoms with Crippen LogP contribution in [0, 0.1) is 5.92 Å². The molecule has 0 aromatic carbocycles. The summed E-state index contributed by atoms with van der Waals surface area (Å²) in [7, 11) is 0. The lowest BCUT2D eigenvalue weighted by Gasteiger charge is -2.30. The summed E-state index contributed by atoms with van der Waals surface area (Å²) in [6, 6.07) is 0. The molecule has 1 unspecified atom stereocenters. The Labute approximate surface area is 98.9 Å². The first kappa shape index (κ1) is 12.3. The molecule has 0 spiro atoms. The first-order valence-corrected chi connectivity index (χ1v) is 6.77. The number of likely N-dealkylation sites (N-methyl/N-ethyl adjacent to an activating group) is 1. The summed E-state index contributed by atoms with van der Waals surface area (Å²) in [5.74, 6) is 0.638. The summed E-state index contributed by atoms with van der Waals surface area (Å²) in [5.41, 5.74) is 0.138. The summed E-state index contributed by atoms with van der Waals surface area (Å²) in [4.78, 5) is 0. The number of hydrogen-bond acceptors (Lipinski definition) is 3. The zero-order valence-electron chi connectivity index (χ0n) is 10.5. The normalized spacial score (nSPS) is 28.7. The van der Waals surface area contributed by atoms with Crippen molar-refractivity contribution in [3.05, 3.63) is 0 Å². The van der Waals surface area contributed by atoms with Crippen LogP contribution in [0.3, 0.4) is 0 Å². The largest absolute Gasteiger partial charge is 0.381 e. The van der Waals surface area contributed by atoms with Crippen LogP contribution in [0.2, 0.25) is 0 Å². The SMILES string of the molecule is CCNCC1(OCC2CCOC2)CCCC1. The van der Waals surface area contributed by atoms with Gasteiger partial charge in [-0.05, 0) is 25.8 Å². The van der Waals surface area contributed by atoms with Crippen molar-refractivity contribution >= 4 is 0 Å². The second-order valence-electron chi connectivity index (χ2n) is 5.21. The molecule has 1 heterocycles. The molecule has 0 bridgehead atoms. The Morgan fingerprint density at radius 1 is 1.38 bits per heavy atom. The van der Waals surface area contributed by atoms with E-state index in [4.69, 9.17) is 9.47 Å². The van der Waals surface area contributed by atoms with Crippen molar-refractivity contribution in [2.45, 2.75) is 44.6 Å². The smallest absolute Gasteiger partial charge is 0.0806 e. The number of ether oxygens (including phenoxy) is 2. The number of hydrogen-bond donors (Lipinski definition) is 1. The average Bonchev–Trinajstić information content (AvgIpc) is 2.96. The van der Waals surface area contributed by atoms with E-state index in [1.54, 1.807) is 0 Å². The van der Waals surface area contributed by atoms with Crippen LogP contribution in [0.5, 0.6) is 0 Å². The Kier molecular flexibility index (Phi) is 4.62. The van der Waals surface area contributed by atoms with E-state index in [-0.39, 0.29) is 5.60 Å². The fourth-order valence-corrected chi connectivity index (χ4v) is 2.75. The average molecular weight is 227 g/mol. The second-order valence-corrected chi connectivity index (χ2v) is 5.21. The summed E-state index contributed by atoms with van der Waals surface area (Å²) >= 11 is 0. The summed E-state index contributed by atoms with van der Waals surface area (Å²) in [6.45, 7) is 6.94. The van der Waals surface area contributed by atoms with Gasteiger partial charge in [-0.3, -0.25) is 0 Å². The standard InChI is InChI=1S/C13H25NO2/c1-2-14-11-13(6-3-4-7-13)16-10-12-5-8-15-9-12/h12,14H,2-11H2,1H3. The molecule has 1 saturated heterocycles. The van der Waals surface area contributed by atoms with E-state index in [2.05, 4.69) is 12.2 Å². The van der Waals surface area contributed by atoms with Crippen molar-refractivity contribution in [2.75, 3.05) is 32.9 Å². The van der Waals surface area contributed by atoms with Gasteiger partial charge in [0.15, 0.2) is 0 Å². The summed E-state index contributed by atoms with van der Waals surface area (Å²) < 4.78 is 11.6. The Morgan fingerprint density at radius 2 is 2.19 bits per heavy atom. The van der Waals surface area contributed by atoms with E-state index in [0.29, 0.717) is 5.92 Å². The van der Waals surface area contributed by atoms with Gasteiger partial charge >= 0.3 is 0 Å². The van der Waals surface area contributed by atoms with E-state index in [1.807, 2.05) is 0 Å². The molecule has 3 nitrogen and oxygen atoms in total. The number of rotatable bonds is 6. The van der Waals surface area contributed by atoms with Crippen molar-refractivity contribution in [3.63, 3.8) is 0 Å². The van der Waals surface area contributed by atoms with E-state index in [0.717, 1.165) is 32.9 Å². The minimum atomic E-state index is 0.138. The monoisotopic (exact) mass is 227 g/mol. The Balaban J connectivity index is 1.77. The van der Waals surface area contributed by atoms with Gasteiger partial charge in [-0.15, -0.1) is 0 Å². The van der Waals surface area contributed by atoms with Crippen LogP contribution in [-0.2, 0) is 9.47 Å². The highest BCUT2D eigenvalue weighted by atomic mass is 16.5. The van der Waals surface area contributed by atoms with Crippen LogP contribution in [0.15, 0.2) is 0 Å². The minimum Gasteiger partial charge on any atom is -0.381 e. The molecule has 0 amide bonds. The van der Waals surface area contributed by atoms with Gasteiger partial charge in [-0.25, -0.2) is 0 Å². The molecule has 1 aliphatic carbocycles. The molecule has 3 heteroatoms. The van der Waals surface area contributed by atoms with Gasteiger partial charge in [-0.1, -0.05) is 19.8 Å². The molecule has 2 rings (SSSR count). The third kappa shape index (κ3) is 3.19. The topological polar surface area (TPSA) is 30.5 Å². The van der Waals surface area contributed by atoms with Gasteiger partial charge in [0.25, 0.3) is 0 Å². The highest BCUT2D eigenvalue weighted by Gasteiger charge is 2.35. The molecule has 1 N–H and O–H groups in total. The van der Waals surface area contributed by atoms with Crippen LogP contribution in [0.1, 0.15) is 39.0 Å². The van der Waals surface area contributed by atoms with Crippen molar-refractivity contribution in [1.29, 1.82) is 0 Å². The molecule has 1 atom stereocenters. The molecule has 1 saturated carbocycles. The van der Waals surface area contributed by atoms with E-state index >= 15 is 0 Å². The molecule has 0 radical (unpaired) electrons. The number of nitrogens with one attached hydrogen (secondary N) is 1. The van der Waals surface area contributed by atoms with Crippen LogP contribution in [0.4, 0.5) is 0 Å². The predicted molar refractivity (Wildman–Crippen MR) is 64.6 cm³/mol. The first-order valence-electron chi connectivity index (χ1n) is 6.77. The van der Waals surface area contributed by atoms with E-state index < -0.39 is 0 Å². The van der Waals surface area contributed by atoms with Gasteiger partial charge in [-0.2, -0.15) is 0 Å². The minimum absolute atomic E-state index is 0.138. The Bertz CT molecular complexity index is 196. The zero-order chi connectivity index (χ0) is 11.3. The van der Waals surface area contributed by atoms with Crippen molar-refractivity contribution in [3.8, 4) is 0 Å². The Morgan fingerprint density at radius 3 is 2.81 bits per heavy atom. The maximum absolute atomic E-state index is 6.23. The van der Waals surface area contributed by atoms with Crippen LogP contribution in [-0.4, -0.2) is 38.5 Å². The molecule has 16 heavy (non-hydrogen) atoms. The highest BCUT2D eigenvalue weighted by molar-refractivity contribution is 4.89. The zero-order valence-corrected chi connectivity index (χ0v) is 10.5. The van der Waals surface area contributed by atoms with Crippen molar-refractivity contribution < 1.29 is 9.47 Å². The molecule has 0 aromatic rings. The Hall–Kier alpha value is -0.120. The first-order chi connectivity index (χ1) is 7.85. The molecule has 1 aliphatic heterocycles. The van der Waals surface area contributed by atoms with Gasteiger partial charge < -0.3 is 14.8 Å². The third-order valence-electron chi connectivity index (χ3n) is 3.86. The third-order valence-corrected chi connectivity index (χ3v) is 3.86. The fourth-order valence-electron chi connectivity index (χ4n) is 2.75. The lowest BCUT2D eigenvalue weighted by atomic mass is 10.0. The second kappa shape index (κ2) is 5.99.